The first kappa shape index (κ1) is 11.3. The molecule has 0 atom stereocenters. The van der Waals surface area contributed by atoms with E-state index in [4.69, 9.17) is 0 Å². The molecule has 2 rings (SSSR count). The molecule has 0 bridgehead atoms. The Morgan fingerprint density at radius 2 is 2.12 bits per heavy atom. The molecule has 0 aromatic carbocycles. The molecule has 0 aliphatic rings. The minimum atomic E-state index is 0.583. The number of rotatable bonds is 4. The average molecular weight is 227 g/mol. The molecule has 0 fully saturated rings. The zero-order valence-corrected chi connectivity index (χ0v) is 9.58. The van der Waals surface area contributed by atoms with Gasteiger partial charge in [0, 0.05) is 25.0 Å². The summed E-state index contributed by atoms with van der Waals surface area (Å²) >= 11 is 0. The molecule has 0 N–H and O–H groups in total. The van der Waals surface area contributed by atoms with E-state index in [0.717, 1.165) is 17.8 Å². The molecule has 2 aromatic rings. The van der Waals surface area contributed by atoms with Gasteiger partial charge in [-0.25, -0.2) is 4.98 Å². The van der Waals surface area contributed by atoms with Crippen molar-refractivity contribution in [3.63, 3.8) is 0 Å². The highest BCUT2D eigenvalue weighted by molar-refractivity contribution is 5.74. The van der Waals surface area contributed by atoms with Crippen molar-refractivity contribution in [3.05, 3.63) is 54.0 Å². The Morgan fingerprint density at radius 1 is 1.24 bits per heavy atom. The highest BCUT2D eigenvalue weighted by Gasteiger charge is 2.03. The second-order valence-electron chi connectivity index (χ2n) is 3.74. The molecule has 0 spiro atoms. The molecule has 0 unspecified atom stereocenters. The molecule has 2 heterocycles. The summed E-state index contributed by atoms with van der Waals surface area (Å²) in [5, 5.41) is 0. The lowest BCUT2D eigenvalue weighted by Crippen LogP contribution is -2.18. The molecule has 2 aromatic heterocycles. The summed E-state index contributed by atoms with van der Waals surface area (Å²) in [5.41, 5.74) is 1.57. The number of hydrogen-bond acceptors (Lipinski definition) is 4. The largest absolute Gasteiger partial charge is 0.354 e. The summed E-state index contributed by atoms with van der Waals surface area (Å²) in [6, 6.07) is 9.40. The Bertz CT molecular complexity index is 482. The maximum absolute atomic E-state index is 10.5. The maximum atomic E-state index is 10.5. The monoisotopic (exact) mass is 227 g/mol. The van der Waals surface area contributed by atoms with Gasteiger partial charge in [-0.15, -0.1) is 0 Å². The summed E-state index contributed by atoms with van der Waals surface area (Å²) in [6.07, 6.45) is 4.12. The van der Waals surface area contributed by atoms with Crippen LogP contribution in [0.15, 0.2) is 42.7 Å². The smallest absolute Gasteiger partial charge is 0.151 e. The molecule has 0 radical (unpaired) electrons. The first-order valence-electron chi connectivity index (χ1n) is 5.32. The Labute approximate surface area is 99.9 Å². The van der Waals surface area contributed by atoms with E-state index in [9.17, 15) is 4.79 Å². The molecule has 4 nitrogen and oxygen atoms in total. The molecule has 0 amide bonds. The fourth-order valence-electron chi connectivity index (χ4n) is 1.51. The van der Waals surface area contributed by atoms with Crippen molar-refractivity contribution in [2.24, 2.45) is 0 Å². The number of carbonyl (C=O) groups is 1. The number of hydrogen-bond donors (Lipinski definition) is 0. The Hall–Kier alpha value is -2.23. The van der Waals surface area contributed by atoms with Crippen LogP contribution in [0.2, 0.25) is 0 Å². The number of aldehydes is 1. The number of aromatic nitrogens is 2. The highest BCUT2D eigenvalue weighted by atomic mass is 16.1. The van der Waals surface area contributed by atoms with E-state index in [0.29, 0.717) is 12.1 Å². The second-order valence-corrected chi connectivity index (χ2v) is 3.74. The SMILES string of the molecule is CN(Cc1ccccn1)c1ccc(C=O)cn1. The third-order valence-corrected chi connectivity index (χ3v) is 2.42. The number of carbonyl (C=O) groups excluding carboxylic acids is 1. The van der Waals surface area contributed by atoms with Crippen molar-refractivity contribution in [2.75, 3.05) is 11.9 Å². The van der Waals surface area contributed by atoms with Crippen molar-refractivity contribution in [1.29, 1.82) is 0 Å². The summed E-state index contributed by atoms with van der Waals surface area (Å²) in [4.78, 5) is 21.0. The summed E-state index contributed by atoms with van der Waals surface area (Å²) in [7, 11) is 1.94. The van der Waals surface area contributed by atoms with Crippen molar-refractivity contribution in [3.8, 4) is 0 Å². The Balaban J connectivity index is 2.09. The number of anilines is 1. The topological polar surface area (TPSA) is 46.1 Å². The van der Waals surface area contributed by atoms with E-state index in [-0.39, 0.29) is 0 Å². The van der Waals surface area contributed by atoms with Gasteiger partial charge in [0.2, 0.25) is 0 Å². The van der Waals surface area contributed by atoms with Crippen LogP contribution in [0.3, 0.4) is 0 Å². The first-order chi connectivity index (χ1) is 8.29. The van der Waals surface area contributed by atoms with Crippen LogP contribution in [0.5, 0.6) is 0 Å². The molecule has 86 valence electrons. The fraction of sp³-hybridized carbons (Fsp3) is 0.154. The van der Waals surface area contributed by atoms with Gasteiger partial charge in [-0.2, -0.15) is 0 Å². The van der Waals surface area contributed by atoms with E-state index in [1.54, 1.807) is 18.5 Å². The predicted octanol–water partition coefficient (Wildman–Crippen LogP) is 1.93. The van der Waals surface area contributed by atoms with Gasteiger partial charge in [0.25, 0.3) is 0 Å². The molecule has 0 saturated heterocycles. The van der Waals surface area contributed by atoms with Gasteiger partial charge in [-0.05, 0) is 24.3 Å². The van der Waals surface area contributed by atoms with Gasteiger partial charge in [0.05, 0.1) is 12.2 Å². The zero-order chi connectivity index (χ0) is 12.1. The zero-order valence-electron chi connectivity index (χ0n) is 9.58. The lowest BCUT2D eigenvalue weighted by Gasteiger charge is -2.17. The van der Waals surface area contributed by atoms with Crippen LogP contribution < -0.4 is 4.90 Å². The van der Waals surface area contributed by atoms with Crippen LogP contribution in [0, 0.1) is 0 Å². The summed E-state index contributed by atoms with van der Waals surface area (Å²) in [5.74, 6) is 0.821. The van der Waals surface area contributed by atoms with Crippen molar-refractivity contribution in [1.82, 2.24) is 9.97 Å². The Kier molecular flexibility index (Phi) is 3.45. The van der Waals surface area contributed by atoms with Gasteiger partial charge in [0.15, 0.2) is 6.29 Å². The van der Waals surface area contributed by atoms with E-state index >= 15 is 0 Å². The molecular weight excluding hydrogens is 214 g/mol. The third-order valence-electron chi connectivity index (χ3n) is 2.42. The van der Waals surface area contributed by atoms with Crippen LogP contribution in [0.4, 0.5) is 5.82 Å². The lowest BCUT2D eigenvalue weighted by atomic mass is 10.3. The molecule has 0 saturated carbocycles. The summed E-state index contributed by atoms with van der Waals surface area (Å²) < 4.78 is 0. The maximum Gasteiger partial charge on any atom is 0.151 e. The first-order valence-corrected chi connectivity index (χ1v) is 5.32. The van der Waals surface area contributed by atoms with Crippen molar-refractivity contribution in [2.45, 2.75) is 6.54 Å². The van der Waals surface area contributed by atoms with Crippen LogP contribution in [-0.2, 0) is 6.54 Å². The van der Waals surface area contributed by atoms with Gasteiger partial charge in [0.1, 0.15) is 5.82 Å². The average Bonchev–Trinajstić information content (AvgIpc) is 2.40. The fourth-order valence-corrected chi connectivity index (χ4v) is 1.51. The van der Waals surface area contributed by atoms with E-state index in [1.165, 1.54) is 0 Å². The number of nitrogens with zero attached hydrogens (tertiary/aromatic N) is 3. The number of pyridine rings is 2. The highest BCUT2D eigenvalue weighted by Crippen LogP contribution is 2.11. The third kappa shape index (κ3) is 2.87. The van der Waals surface area contributed by atoms with E-state index in [1.807, 2.05) is 36.2 Å². The molecule has 0 aliphatic heterocycles. The van der Waals surface area contributed by atoms with Crippen LogP contribution in [0.1, 0.15) is 16.1 Å². The quantitative estimate of drug-likeness (QED) is 0.749. The van der Waals surface area contributed by atoms with Crippen LogP contribution >= 0.6 is 0 Å². The normalized spacial score (nSPS) is 9.94. The summed E-state index contributed by atoms with van der Waals surface area (Å²) in [6.45, 7) is 0.689. The molecule has 0 aliphatic carbocycles. The van der Waals surface area contributed by atoms with Gasteiger partial charge in [-0.3, -0.25) is 9.78 Å². The van der Waals surface area contributed by atoms with Crippen molar-refractivity contribution >= 4 is 12.1 Å². The van der Waals surface area contributed by atoms with Gasteiger partial charge in [-0.1, -0.05) is 6.07 Å². The minimum Gasteiger partial charge on any atom is -0.354 e. The standard InChI is InChI=1S/C13H13N3O/c1-16(9-12-4-2-3-7-14-12)13-6-5-11(10-17)8-15-13/h2-8,10H,9H2,1H3. The minimum absolute atomic E-state index is 0.583. The predicted molar refractivity (Wildman–Crippen MR) is 66.0 cm³/mol. The van der Waals surface area contributed by atoms with E-state index in [2.05, 4.69) is 9.97 Å². The molecular formula is C13H13N3O. The van der Waals surface area contributed by atoms with E-state index < -0.39 is 0 Å². The molecule has 17 heavy (non-hydrogen) atoms. The van der Waals surface area contributed by atoms with Crippen LogP contribution in [-0.4, -0.2) is 23.3 Å². The lowest BCUT2D eigenvalue weighted by molar-refractivity contribution is 0.112. The van der Waals surface area contributed by atoms with Gasteiger partial charge >= 0.3 is 0 Å². The Morgan fingerprint density at radius 3 is 2.71 bits per heavy atom. The second kappa shape index (κ2) is 5.21. The van der Waals surface area contributed by atoms with Crippen LogP contribution in [0.25, 0.3) is 0 Å². The van der Waals surface area contributed by atoms with Gasteiger partial charge < -0.3 is 4.90 Å². The van der Waals surface area contributed by atoms with Crippen molar-refractivity contribution < 1.29 is 4.79 Å². The molecule has 4 heteroatoms.